The van der Waals surface area contributed by atoms with E-state index in [1.165, 1.54) is 25.8 Å². The van der Waals surface area contributed by atoms with E-state index in [1.54, 1.807) is 25.7 Å². The van der Waals surface area contributed by atoms with E-state index in [2.05, 4.69) is 47.2 Å². The van der Waals surface area contributed by atoms with Crippen molar-refractivity contribution >= 4 is 5.82 Å². The summed E-state index contributed by atoms with van der Waals surface area (Å²) >= 11 is 0. The minimum Gasteiger partial charge on any atom is -0.479 e. The summed E-state index contributed by atoms with van der Waals surface area (Å²) < 4.78 is 5.41. The van der Waals surface area contributed by atoms with E-state index in [9.17, 15) is 0 Å². The quantitative estimate of drug-likeness (QED) is 0.720. The molecule has 2 aliphatic rings. The van der Waals surface area contributed by atoms with Crippen molar-refractivity contribution < 1.29 is 4.74 Å². The molecule has 1 N–H and O–H groups in total. The number of aromatic nitrogens is 6. The maximum atomic E-state index is 5.41. The summed E-state index contributed by atoms with van der Waals surface area (Å²) in [5, 5.41) is 15.5. The van der Waals surface area contributed by atoms with Gasteiger partial charge in [0.25, 0.3) is 0 Å². The smallest absolute Gasteiger partial charge is 0.241 e. The number of nitrogens with one attached hydrogen (secondary N) is 1. The predicted octanol–water partition coefficient (Wildman–Crippen LogP) is 1.96. The van der Waals surface area contributed by atoms with Gasteiger partial charge in [0, 0.05) is 31.4 Å². The fraction of sp³-hybridized carbons (Fsp3) is 0.421. The fourth-order valence-electron chi connectivity index (χ4n) is 4.14. The molecule has 3 aromatic heterocycles. The molecule has 0 amide bonds. The van der Waals surface area contributed by atoms with Crippen molar-refractivity contribution in [1.29, 1.82) is 0 Å². The molecule has 2 atom stereocenters. The first kappa shape index (κ1) is 17.1. The monoisotopic (exact) mass is 378 g/mol. The Kier molecular flexibility index (Phi) is 4.16. The second-order valence-corrected chi connectivity index (χ2v) is 7.24. The van der Waals surface area contributed by atoms with Crippen LogP contribution in [0.1, 0.15) is 19.3 Å². The molecular formula is C19H22N8O. The number of fused-ring (bicyclic) bond motifs is 1. The molecular weight excluding hydrogens is 356 g/mol. The average Bonchev–Trinajstić information content (AvgIpc) is 3.38. The number of nitrogens with zero attached hydrogens (tertiary/aromatic N) is 7. The Balaban J connectivity index is 1.37. The van der Waals surface area contributed by atoms with Crippen molar-refractivity contribution in [1.82, 2.24) is 35.3 Å². The van der Waals surface area contributed by atoms with Gasteiger partial charge in [-0.15, -0.1) is 10.2 Å². The Hall–Kier alpha value is -3.07. The number of hydrogen-bond acceptors (Lipinski definition) is 8. The molecule has 144 valence electrons. The van der Waals surface area contributed by atoms with Crippen LogP contribution in [-0.4, -0.2) is 68.2 Å². The zero-order valence-electron chi connectivity index (χ0n) is 15.9. The Morgan fingerprint density at radius 2 is 2.14 bits per heavy atom. The summed E-state index contributed by atoms with van der Waals surface area (Å²) in [7, 11) is 3.66. The van der Waals surface area contributed by atoms with Gasteiger partial charge in [0.05, 0.1) is 25.7 Å². The number of H-pyrrole nitrogens is 1. The van der Waals surface area contributed by atoms with Crippen LogP contribution in [0.15, 0.2) is 30.7 Å². The molecule has 0 aliphatic carbocycles. The van der Waals surface area contributed by atoms with Crippen LogP contribution < -0.4 is 9.64 Å². The third kappa shape index (κ3) is 2.78. The zero-order valence-corrected chi connectivity index (χ0v) is 15.9. The fourth-order valence-corrected chi connectivity index (χ4v) is 4.14. The van der Waals surface area contributed by atoms with Crippen LogP contribution in [0.3, 0.4) is 0 Å². The molecule has 2 saturated heterocycles. The van der Waals surface area contributed by atoms with Crippen molar-refractivity contribution in [2.24, 2.45) is 0 Å². The highest BCUT2D eigenvalue weighted by molar-refractivity contribution is 5.65. The number of anilines is 1. The number of methoxy groups -OCH3 is 1. The van der Waals surface area contributed by atoms with E-state index in [0.29, 0.717) is 29.1 Å². The van der Waals surface area contributed by atoms with Gasteiger partial charge in [-0.1, -0.05) is 0 Å². The lowest BCUT2D eigenvalue weighted by atomic mass is 9.99. The molecule has 3 aromatic rings. The highest BCUT2D eigenvalue weighted by atomic mass is 16.5. The predicted molar refractivity (Wildman–Crippen MR) is 104 cm³/mol. The van der Waals surface area contributed by atoms with Crippen LogP contribution >= 0.6 is 0 Å². The molecule has 0 bridgehead atoms. The van der Waals surface area contributed by atoms with Crippen LogP contribution in [0.25, 0.3) is 22.6 Å². The summed E-state index contributed by atoms with van der Waals surface area (Å²) in [6.45, 7) is 1.18. The molecule has 0 radical (unpaired) electrons. The first-order valence-electron chi connectivity index (χ1n) is 9.47. The molecule has 2 aliphatic heterocycles. The summed E-state index contributed by atoms with van der Waals surface area (Å²) in [6, 6.07) is 4.68. The topological polar surface area (TPSA) is 96.0 Å². The van der Waals surface area contributed by atoms with Gasteiger partial charge in [0.15, 0.2) is 5.82 Å². The molecule has 2 fully saturated rings. The molecule has 5 rings (SSSR count). The highest BCUT2D eigenvalue weighted by Gasteiger charge is 2.43. The second-order valence-electron chi connectivity index (χ2n) is 7.24. The molecule has 0 spiro atoms. The third-order valence-corrected chi connectivity index (χ3v) is 5.72. The minimum absolute atomic E-state index is 0.427. The van der Waals surface area contributed by atoms with Gasteiger partial charge < -0.3 is 9.64 Å². The molecule has 9 nitrogen and oxygen atoms in total. The van der Waals surface area contributed by atoms with Crippen LogP contribution in [0.4, 0.5) is 5.82 Å². The largest absolute Gasteiger partial charge is 0.479 e. The third-order valence-electron chi connectivity index (χ3n) is 5.72. The van der Waals surface area contributed by atoms with E-state index in [0.717, 1.165) is 17.4 Å². The average molecular weight is 378 g/mol. The number of ether oxygens (including phenoxy) is 1. The zero-order chi connectivity index (χ0) is 19.1. The summed E-state index contributed by atoms with van der Waals surface area (Å²) in [5.74, 6) is 1.30. The van der Waals surface area contributed by atoms with Gasteiger partial charge in [0.2, 0.25) is 5.88 Å². The first-order chi connectivity index (χ1) is 13.7. The van der Waals surface area contributed by atoms with Crippen molar-refractivity contribution in [3.05, 3.63) is 30.7 Å². The van der Waals surface area contributed by atoms with Crippen LogP contribution in [0, 0.1) is 0 Å². The van der Waals surface area contributed by atoms with Crippen molar-refractivity contribution in [2.75, 3.05) is 25.6 Å². The lowest BCUT2D eigenvalue weighted by molar-refractivity contribution is 0.0550. The van der Waals surface area contributed by atoms with E-state index >= 15 is 0 Å². The number of hydrogen-bond donors (Lipinski definition) is 1. The molecule has 0 aromatic carbocycles. The Bertz CT molecular complexity index is 959. The van der Waals surface area contributed by atoms with E-state index < -0.39 is 0 Å². The molecule has 9 heteroatoms. The summed E-state index contributed by atoms with van der Waals surface area (Å²) in [6.07, 6.45) is 9.38. The normalized spacial score (nSPS) is 21.2. The van der Waals surface area contributed by atoms with Gasteiger partial charge >= 0.3 is 0 Å². The standard InChI is InChI=1S/C19H22N8O/c1-26(17-8-13-4-3-7-27(13)17)16-6-5-14(24-25-16)15-11-20-18(19(23-15)28-2)12-9-21-22-10-12/h5-6,9-11,13,17H,3-4,7-8H2,1-2H3,(H,21,22). The lowest BCUT2D eigenvalue weighted by Gasteiger charge is -2.49. The molecule has 2 unspecified atom stereocenters. The first-order valence-corrected chi connectivity index (χ1v) is 9.47. The van der Waals surface area contributed by atoms with Gasteiger partial charge in [-0.3, -0.25) is 10.00 Å². The van der Waals surface area contributed by atoms with Crippen LogP contribution in [0.2, 0.25) is 0 Å². The second kappa shape index (κ2) is 6.83. The Labute approximate surface area is 162 Å². The minimum atomic E-state index is 0.427. The maximum Gasteiger partial charge on any atom is 0.241 e. The van der Waals surface area contributed by atoms with E-state index in [-0.39, 0.29) is 0 Å². The van der Waals surface area contributed by atoms with Crippen LogP contribution in [-0.2, 0) is 0 Å². The summed E-state index contributed by atoms with van der Waals surface area (Å²) in [5.41, 5.74) is 2.73. The van der Waals surface area contributed by atoms with Crippen molar-refractivity contribution in [2.45, 2.75) is 31.5 Å². The van der Waals surface area contributed by atoms with Gasteiger partial charge in [-0.05, 0) is 31.4 Å². The van der Waals surface area contributed by atoms with Gasteiger partial charge in [-0.25, -0.2) is 9.97 Å². The van der Waals surface area contributed by atoms with Gasteiger partial charge in [-0.2, -0.15) is 5.10 Å². The number of rotatable bonds is 5. The Morgan fingerprint density at radius 1 is 1.21 bits per heavy atom. The molecule has 0 saturated carbocycles. The van der Waals surface area contributed by atoms with Crippen LogP contribution in [0.5, 0.6) is 5.88 Å². The van der Waals surface area contributed by atoms with Gasteiger partial charge in [0.1, 0.15) is 17.1 Å². The van der Waals surface area contributed by atoms with Crippen molar-refractivity contribution in [3.63, 3.8) is 0 Å². The van der Waals surface area contributed by atoms with Crippen molar-refractivity contribution in [3.8, 4) is 28.5 Å². The Morgan fingerprint density at radius 3 is 2.86 bits per heavy atom. The maximum absolute atomic E-state index is 5.41. The SMILES string of the molecule is COc1nc(-c2ccc(N(C)C3CC4CCCN43)nn2)cnc1-c1cn[nH]c1. The lowest BCUT2D eigenvalue weighted by Crippen LogP contribution is -2.59. The van der Waals surface area contributed by atoms with E-state index in [1.807, 2.05) is 12.1 Å². The molecule has 28 heavy (non-hydrogen) atoms. The van der Waals surface area contributed by atoms with E-state index in [4.69, 9.17) is 4.74 Å². The molecule has 5 heterocycles. The highest BCUT2D eigenvalue weighted by Crippen LogP contribution is 2.37. The number of aromatic amines is 1. The summed E-state index contributed by atoms with van der Waals surface area (Å²) in [4.78, 5) is 13.8.